The molecule has 0 aliphatic rings. The number of hydrogen-bond donors (Lipinski definition) is 1. The van der Waals surface area contributed by atoms with Gasteiger partial charge in [-0.15, -0.1) is 0 Å². The highest BCUT2D eigenvalue weighted by atomic mass is 19.3. The second kappa shape index (κ2) is 9.74. The van der Waals surface area contributed by atoms with Crippen molar-refractivity contribution >= 4 is 22.6 Å². The molecule has 0 aliphatic carbocycles. The summed E-state index contributed by atoms with van der Waals surface area (Å²) in [4.78, 5) is 21.0. The van der Waals surface area contributed by atoms with Gasteiger partial charge in [0.1, 0.15) is 12.1 Å². The molecule has 1 N–H and O–H groups in total. The number of hydrogen-bond acceptors (Lipinski definition) is 5. The molecule has 0 saturated carbocycles. The Morgan fingerprint density at radius 2 is 1.94 bits per heavy atom. The minimum absolute atomic E-state index is 0.0845. The number of nitrogens with one attached hydrogen (secondary N) is 1. The van der Waals surface area contributed by atoms with E-state index in [1.165, 1.54) is 29.1 Å². The smallest absolute Gasteiger partial charge is 0.330 e. The van der Waals surface area contributed by atoms with Gasteiger partial charge in [0.15, 0.2) is 0 Å². The molecule has 4 aromatic rings. The van der Waals surface area contributed by atoms with Crippen molar-refractivity contribution < 1.29 is 23.0 Å². The van der Waals surface area contributed by atoms with Crippen molar-refractivity contribution in [2.75, 3.05) is 5.32 Å². The first kappa shape index (κ1) is 22.3. The number of aromatic nitrogens is 3. The fourth-order valence-electron chi connectivity index (χ4n) is 3.18. The number of rotatable bonds is 7. The highest BCUT2D eigenvalue weighted by molar-refractivity contribution is 5.98. The Morgan fingerprint density at radius 3 is 2.73 bits per heavy atom. The summed E-state index contributed by atoms with van der Waals surface area (Å²) in [5, 5.41) is 3.41. The zero-order chi connectivity index (χ0) is 23.4. The summed E-state index contributed by atoms with van der Waals surface area (Å²) >= 11 is 0. The molecule has 4 rings (SSSR count). The van der Waals surface area contributed by atoms with Crippen LogP contribution in [-0.4, -0.2) is 26.7 Å². The Kier molecular flexibility index (Phi) is 6.60. The van der Waals surface area contributed by atoms with E-state index >= 15 is 0 Å². The van der Waals surface area contributed by atoms with Gasteiger partial charge in [0.25, 0.3) is 6.43 Å². The van der Waals surface area contributed by atoms with E-state index in [1.807, 2.05) is 13.8 Å². The van der Waals surface area contributed by atoms with E-state index in [-0.39, 0.29) is 11.7 Å². The Morgan fingerprint density at radius 1 is 1.09 bits per heavy atom. The quantitative estimate of drug-likeness (QED) is 0.363. The third kappa shape index (κ3) is 5.50. The summed E-state index contributed by atoms with van der Waals surface area (Å²) < 4.78 is 38.6. The molecular formula is C24H22F2N4O3. The van der Waals surface area contributed by atoms with Gasteiger partial charge >= 0.3 is 6.03 Å². The molecule has 7 nitrogen and oxygen atoms in total. The fraction of sp³-hybridized carbons (Fsp3) is 0.208. The molecule has 0 unspecified atom stereocenters. The first-order valence-corrected chi connectivity index (χ1v) is 10.3. The van der Waals surface area contributed by atoms with Gasteiger partial charge in [-0.3, -0.25) is 4.57 Å². The number of halogens is 2. The molecule has 0 bridgehead atoms. The van der Waals surface area contributed by atoms with Crippen molar-refractivity contribution in [3.63, 3.8) is 0 Å². The molecule has 0 aliphatic heterocycles. The second-order valence-electron chi connectivity index (χ2n) is 7.57. The van der Waals surface area contributed by atoms with Gasteiger partial charge in [-0.25, -0.2) is 23.5 Å². The third-order valence-electron chi connectivity index (χ3n) is 4.76. The van der Waals surface area contributed by atoms with Crippen LogP contribution in [0.4, 0.5) is 19.3 Å². The van der Waals surface area contributed by atoms with Crippen LogP contribution in [0, 0.1) is 0 Å². The lowest BCUT2D eigenvalue weighted by Crippen LogP contribution is -2.18. The monoisotopic (exact) mass is 452 g/mol. The number of ether oxygens (including phenoxy) is 2. The molecule has 0 spiro atoms. The van der Waals surface area contributed by atoms with Crippen molar-refractivity contribution in [1.82, 2.24) is 14.5 Å². The van der Waals surface area contributed by atoms with Gasteiger partial charge in [0.2, 0.25) is 5.88 Å². The zero-order valence-corrected chi connectivity index (χ0v) is 18.0. The number of alkyl halides is 2. The zero-order valence-electron chi connectivity index (χ0n) is 18.0. The lowest BCUT2D eigenvalue weighted by atomic mass is 10.2. The van der Waals surface area contributed by atoms with Crippen molar-refractivity contribution in [2.45, 2.75) is 33.0 Å². The molecule has 170 valence electrons. The molecule has 2 aromatic heterocycles. The molecule has 9 heteroatoms. The van der Waals surface area contributed by atoms with E-state index in [4.69, 9.17) is 9.47 Å². The number of amides is 1. The van der Waals surface area contributed by atoms with Crippen LogP contribution in [0.5, 0.6) is 11.6 Å². The van der Waals surface area contributed by atoms with Crippen LogP contribution in [-0.2, 0) is 11.3 Å². The van der Waals surface area contributed by atoms with Gasteiger partial charge in [-0.2, -0.15) is 0 Å². The average Bonchev–Trinajstić information content (AvgIpc) is 3.21. The molecule has 0 radical (unpaired) electrons. The van der Waals surface area contributed by atoms with Crippen molar-refractivity contribution in [3.05, 3.63) is 78.4 Å². The second-order valence-corrected chi connectivity index (χ2v) is 7.57. The Hall–Kier alpha value is -3.85. The molecule has 2 aromatic carbocycles. The van der Waals surface area contributed by atoms with Crippen molar-refractivity contribution in [1.29, 1.82) is 0 Å². The average molecular weight is 452 g/mol. The van der Waals surface area contributed by atoms with Crippen molar-refractivity contribution in [3.8, 4) is 11.6 Å². The maximum atomic E-state index is 12.9. The minimum atomic E-state index is -2.61. The van der Waals surface area contributed by atoms with Gasteiger partial charge in [-0.05, 0) is 50.2 Å². The third-order valence-corrected chi connectivity index (χ3v) is 4.76. The first-order chi connectivity index (χ1) is 15.9. The number of anilines is 1. The maximum Gasteiger partial charge on any atom is 0.330 e. The van der Waals surface area contributed by atoms with Crippen LogP contribution in [0.1, 0.15) is 31.5 Å². The Labute approximate surface area is 189 Å². The van der Waals surface area contributed by atoms with Crippen LogP contribution in [0.15, 0.2) is 67.1 Å². The maximum absolute atomic E-state index is 12.9. The van der Waals surface area contributed by atoms with Crippen LogP contribution >= 0.6 is 0 Å². The van der Waals surface area contributed by atoms with E-state index in [1.54, 1.807) is 42.6 Å². The summed E-state index contributed by atoms with van der Waals surface area (Å²) in [6, 6.07) is 13.8. The largest absolute Gasteiger partial charge is 0.439 e. The number of carbonyl (C=O) groups excluding carboxylic acids is 1. The van der Waals surface area contributed by atoms with Gasteiger partial charge in [0, 0.05) is 28.9 Å². The van der Waals surface area contributed by atoms with Crippen LogP contribution in [0.3, 0.4) is 0 Å². The van der Waals surface area contributed by atoms with E-state index in [0.29, 0.717) is 35.1 Å². The van der Waals surface area contributed by atoms with E-state index < -0.39 is 12.5 Å². The van der Waals surface area contributed by atoms with Crippen LogP contribution in [0.25, 0.3) is 10.9 Å². The van der Waals surface area contributed by atoms with Crippen LogP contribution < -0.4 is 10.1 Å². The molecule has 2 heterocycles. The van der Waals surface area contributed by atoms with E-state index in [9.17, 15) is 13.6 Å². The fourth-order valence-corrected chi connectivity index (χ4v) is 3.18. The predicted molar refractivity (Wildman–Crippen MR) is 120 cm³/mol. The highest BCUT2D eigenvalue weighted by Crippen LogP contribution is 2.26. The standard InChI is InChI=1S/C24H22F2N4O3/c1-15(2)32-13-19-12-22(28-14-27-19)33-20-6-7-21-16(11-20)8-9-30(21)24(31)29-18-5-3-4-17(10-18)23(25)26/h3-12,14-15,23H,13H2,1-2H3,(H,29,31). The summed E-state index contributed by atoms with van der Waals surface area (Å²) in [5.41, 5.74) is 1.48. The molecule has 0 atom stereocenters. The number of carbonyl (C=O) groups is 1. The lowest BCUT2D eigenvalue weighted by molar-refractivity contribution is 0.0634. The molecule has 1 amide bonds. The summed E-state index contributed by atoms with van der Waals surface area (Å²) in [6.07, 6.45) is 0.492. The van der Waals surface area contributed by atoms with E-state index in [2.05, 4.69) is 15.3 Å². The molecular weight excluding hydrogens is 430 g/mol. The Balaban J connectivity index is 1.49. The molecule has 0 saturated heterocycles. The topological polar surface area (TPSA) is 78.3 Å². The summed E-state index contributed by atoms with van der Waals surface area (Å²) in [6.45, 7) is 4.25. The SMILES string of the molecule is CC(C)OCc1cc(Oc2ccc3c(ccn3C(=O)Nc3cccc(C(F)F)c3)c2)ncn1. The number of benzene rings is 2. The number of nitrogens with zero attached hydrogens (tertiary/aromatic N) is 3. The van der Waals surface area contributed by atoms with Crippen molar-refractivity contribution in [2.24, 2.45) is 0 Å². The first-order valence-electron chi connectivity index (χ1n) is 10.3. The minimum Gasteiger partial charge on any atom is -0.439 e. The summed E-state index contributed by atoms with van der Waals surface area (Å²) in [7, 11) is 0. The Bertz CT molecular complexity index is 1270. The van der Waals surface area contributed by atoms with Gasteiger partial charge in [0.05, 0.1) is 23.9 Å². The van der Waals surface area contributed by atoms with Gasteiger partial charge < -0.3 is 14.8 Å². The molecule has 33 heavy (non-hydrogen) atoms. The normalized spacial score (nSPS) is 11.3. The lowest BCUT2D eigenvalue weighted by Gasteiger charge is -2.10. The van der Waals surface area contributed by atoms with E-state index in [0.717, 1.165) is 5.39 Å². The summed E-state index contributed by atoms with van der Waals surface area (Å²) in [5.74, 6) is 0.919. The highest BCUT2D eigenvalue weighted by Gasteiger charge is 2.13. The number of fused-ring (bicyclic) bond motifs is 1. The van der Waals surface area contributed by atoms with Gasteiger partial charge in [-0.1, -0.05) is 12.1 Å². The van der Waals surface area contributed by atoms with Crippen LogP contribution in [0.2, 0.25) is 0 Å². The predicted octanol–water partition coefficient (Wildman–Crippen LogP) is 6.17. The molecule has 0 fully saturated rings.